The molecule has 0 unspecified atom stereocenters. The van der Waals surface area contributed by atoms with E-state index in [0.717, 1.165) is 25.9 Å². The minimum absolute atomic E-state index is 0.184. The topological polar surface area (TPSA) is 78.5 Å². The summed E-state index contributed by atoms with van der Waals surface area (Å²) in [6, 6.07) is 4.87. The number of nitrogens with one attached hydrogen (secondary N) is 2. The SMILES string of the molecule is CCCNS(=O)(=O)c1cc(C(=O)NC)ccc1N1CCCC1. The van der Waals surface area contributed by atoms with Gasteiger partial charge in [0.05, 0.1) is 5.69 Å². The van der Waals surface area contributed by atoms with E-state index in [9.17, 15) is 13.2 Å². The molecule has 6 nitrogen and oxygen atoms in total. The highest BCUT2D eigenvalue weighted by Crippen LogP contribution is 2.29. The molecule has 1 fully saturated rings. The number of amides is 1. The maximum absolute atomic E-state index is 12.6. The van der Waals surface area contributed by atoms with Crippen LogP contribution in [0.3, 0.4) is 0 Å². The lowest BCUT2D eigenvalue weighted by molar-refractivity contribution is 0.0963. The Kier molecular flexibility index (Phi) is 5.42. The highest BCUT2D eigenvalue weighted by Gasteiger charge is 2.24. The van der Waals surface area contributed by atoms with Crippen LogP contribution in [0.4, 0.5) is 5.69 Å². The number of sulfonamides is 1. The van der Waals surface area contributed by atoms with Gasteiger partial charge in [0.2, 0.25) is 10.0 Å². The summed E-state index contributed by atoms with van der Waals surface area (Å²) in [6.45, 7) is 3.97. The predicted octanol–water partition coefficient (Wildman–Crippen LogP) is 1.33. The highest BCUT2D eigenvalue weighted by atomic mass is 32.2. The molecule has 1 heterocycles. The maximum Gasteiger partial charge on any atom is 0.251 e. The smallest absolute Gasteiger partial charge is 0.251 e. The molecule has 1 aromatic carbocycles. The van der Waals surface area contributed by atoms with Crippen molar-refractivity contribution < 1.29 is 13.2 Å². The van der Waals surface area contributed by atoms with Gasteiger partial charge in [-0.05, 0) is 37.5 Å². The molecule has 0 saturated carbocycles. The first-order chi connectivity index (χ1) is 10.5. The molecular formula is C15H23N3O3S. The Bertz CT molecular complexity index is 637. The number of rotatable bonds is 6. The highest BCUT2D eigenvalue weighted by molar-refractivity contribution is 7.89. The molecule has 0 bridgehead atoms. The van der Waals surface area contributed by atoms with Crippen molar-refractivity contribution in [2.24, 2.45) is 0 Å². The first kappa shape index (κ1) is 16.8. The van der Waals surface area contributed by atoms with Crippen molar-refractivity contribution in [3.8, 4) is 0 Å². The molecule has 0 aromatic heterocycles. The molecule has 1 saturated heterocycles. The van der Waals surface area contributed by atoms with Gasteiger partial charge in [0.15, 0.2) is 0 Å². The zero-order valence-corrected chi connectivity index (χ0v) is 13.9. The minimum atomic E-state index is -3.63. The van der Waals surface area contributed by atoms with E-state index in [2.05, 4.69) is 14.9 Å². The van der Waals surface area contributed by atoms with Gasteiger partial charge in [0, 0.05) is 32.2 Å². The molecule has 0 spiro atoms. The molecule has 7 heteroatoms. The van der Waals surface area contributed by atoms with E-state index in [1.54, 1.807) is 12.1 Å². The summed E-state index contributed by atoms with van der Waals surface area (Å²) in [4.78, 5) is 14.0. The Labute approximate surface area is 131 Å². The maximum atomic E-state index is 12.6. The first-order valence-electron chi connectivity index (χ1n) is 7.60. The summed E-state index contributed by atoms with van der Waals surface area (Å²) in [5, 5.41) is 2.52. The van der Waals surface area contributed by atoms with Crippen LogP contribution in [0.5, 0.6) is 0 Å². The normalized spacial score (nSPS) is 15.1. The van der Waals surface area contributed by atoms with E-state index in [-0.39, 0.29) is 10.8 Å². The molecule has 1 aliphatic rings. The molecular weight excluding hydrogens is 302 g/mol. The number of hydrogen-bond donors (Lipinski definition) is 2. The second-order valence-electron chi connectivity index (χ2n) is 5.35. The van der Waals surface area contributed by atoms with Crippen molar-refractivity contribution in [1.29, 1.82) is 0 Å². The van der Waals surface area contributed by atoms with Crippen molar-refractivity contribution in [1.82, 2.24) is 10.0 Å². The summed E-state index contributed by atoms with van der Waals surface area (Å²) in [7, 11) is -2.10. The van der Waals surface area contributed by atoms with Gasteiger partial charge >= 0.3 is 0 Å². The Morgan fingerprint density at radius 3 is 2.55 bits per heavy atom. The third kappa shape index (κ3) is 3.59. The molecule has 1 aromatic rings. The fraction of sp³-hybridized carbons (Fsp3) is 0.533. The van der Waals surface area contributed by atoms with Gasteiger partial charge in [-0.25, -0.2) is 13.1 Å². The van der Waals surface area contributed by atoms with Crippen LogP contribution in [0, 0.1) is 0 Å². The number of nitrogens with zero attached hydrogens (tertiary/aromatic N) is 1. The van der Waals surface area contributed by atoms with E-state index in [0.29, 0.717) is 24.2 Å². The summed E-state index contributed by atoms with van der Waals surface area (Å²) in [5.41, 5.74) is 1.02. The largest absolute Gasteiger partial charge is 0.370 e. The van der Waals surface area contributed by atoms with Crippen molar-refractivity contribution in [2.45, 2.75) is 31.1 Å². The second-order valence-corrected chi connectivity index (χ2v) is 7.09. The van der Waals surface area contributed by atoms with Crippen LogP contribution in [0.1, 0.15) is 36.5 Å². The molecule has 1 aliphatic heterocycles. The minimum Gasteiger partial charge on any atom is -0.370 e. The third-order valence-corrected chi connectivity index (χ3v) is 5.22. The number of hydrogen-bond acceptors (Lipinski definition) is 4. The standard InChI is InChI=1S/C15H23N3O3S/c1-3-8-17-22(20,21)14-11-12(15(19)16-2)6-7-13(14)18-9-4-5-10-18/h6-7,11,17H,3-5,8-10H2,1-2H3,(H,16,19). The number of anilines is 1. The summed E-state index contributed by atoms with van der Waals surface area (Å²) >= 11 is 0. The van der Waals surface area contributed by atoms with Crippen LogP contribution in [0.2, 0.25) is 0 Å². The van der Waals surface area contributed by atoms with Crippen LogP contribution in [0.15, 0.2) is 23.1 Å². The van der Waals surface area contributed by atoms with Crippen LogP contribution < -0.4 is 14.9 Å². The van der Waals surface area contributed by atoms with Crippen LogP contribution in [-0.2, 0) is 10.0 Å². The Morgan fingerprint density at radius 2 is 1.95 bits per heavy atom. The third-order valence-electron chi connectivity index (χ3n) is 3.73. The van der Waals surface area contributed by atoms with Crippen molar-refractivity contribution >= 4 is 21.6 Å². The lowest BCUT2D eigenvalue weighted by Gasteiger charge is -2.22. The van der Waals surface area contributed by atoms with Gasteiger partial charge in [-0.2, -0.15) is 0 Å². The lowest BCUT2D eigenvalue weighted by atomic mass is 10.2. The van der Waals surface area contributed by atoms with Gasteiger partial charge in [-0.1, -0.05) is 6.92 Å². The summed E-state index contributed by atoms with van der Waals surface area (Å²) in [6.07, 6.45) is 2.82. The zero-order valence-electron chi connectivity index (χ0n) is 13.1. The molecule has 0 radical (unpaired) electrons. The average molecular weight is 325 g/mol. The quantitative estimate of drug-likeness (QED) is 0.827. The van der Waals surface area contributed by atoms with Crippen molar-refractivity contribution in [3.05, 3.63) is 23.8 Å². The van der Waals surface area contributed by atoms with E-state index < -0.39 is 10.0 Å². The van der Waals surface area contributed by atoms with E-state index in [1.165, 1.54) is 13.1 Å². The molecule has 2 N–H and O–H groups in total. The number of benzene rings is 1. The van der Waals surface area contributed by atoms with Crippen LogP contribution in [-0.4, -0.2) is 41.0 Å². The molecule has 0 aliphatic carbocycles. The monoisotopic (exact) mass is 325 g/mol. The Balaban J connectivity index is 2.47. The average Bonchev–Trinajstić information content (AvgIpc) is 3.06. The summed E-state index contributed by atoms with van der Waals surface area (Å²) < 4.78 is 27.7. The fourth-order valence-corrected chi connectivity index (χ4v) is 3.93. The summed E-state index contributed by atoms with van der Waals surface area (Å²) in [5.74, 6) is -0.292. The van der Waals surface area contributed by atoms with Gasteiger partial charge in [-0.3, -0.25) is 4.79 Å². The molecule has 2 rings (SSSR count). The van der Waals surface area contributed by atoms with E-state index in [1.807, 2.05) is 6.92 Å². The Morgan fingerprint density at radius 1 is 1.27 bits per heavy atom. The lowest BCUT2D eigenvalue weighted by Crippen LogP contribution is -2.28. The van der Waals surface area contributed by atoms with Gasteiger partial charge in [0.1, 0.15) is 4.90 Å². The first-order valence-corrected chi connectivity index (χ1v) is 9.08. The molecule has 1 amide bonds. The Hall–Kier alpha value is -1.60. The number of carbonyl (C=O) groups is 1. The molecule has 0 atom stereocenters. The van der Waals surface area contributed by atoms with Gasteiger partial charge in [0.25, 0.3) is 5.91 Å². The number of carbonyl (C=O) groups excluding carboxylic acids is 1. The molecule has 122 valence electrons. The zero-order chi connectivity index (χ0) is 16.2. The second kappa shape index (κ2) is 7.11. The predicted molar refractivity (Wildman–Crippen MR) is 86.8 cm³/mol. The van der Waals surface area contributed by atoms with Gasteiger partial charge in [-0.15, -0.1) is 0 Å². The fourth-order valence-electron chi connectivity index (χ4n) is 2.55. The van der Waals surface area contributed by atoms with Crippen LogP contribution >= 0.6 is 0 Å². The molecule has 22 heavy (non-hydrogen) atoms. The van der Waals surface area contributed by atoms with E-state index in [4.69, 9.17) is 0 Å². The van der Waals surface area contributed by atoms with Crippen molar-refractivity contribution in [3.63, 3.8) is 0 Å². The van der Waals surface area contributed by atoms with Crippen LogP contribution in [0.25, 0.3) is 0 Å². The van der Waals surface area contributed by atoms with Crippen molar-refractivity contribution in [2.75, 3.05) is 31.6 Å². The van der Waals surface area contributed by atoms with Gasteiger partial charge < -0.3 is 10.2 Å². The van der Waals surface area contributed by atoms with E-state index >= 15 is 0 Å².